The molecule has 0 aromatic heterocycles. The van der Waals surface area contributed by atoms with Crippen LogP contribution in [0.25, 0.3) is 0 Å². The summed E-state index contributed by atoms with van der Waals surface area (Å²) in [6.07, 6.45) is 2.92. The Labute approximate surface area is 183 Å². The van der Waals surface area contributed by atoms with Crippen molar-refractivity contribution in [3.8, 4) is 11.8 Å². The minimum Gasteiger partial charge on any atom is -0.496 e. The van der Waals surface area contributed by atoms with Crippen molar-refractivity contribution in [2.24, 2.45) is 11.3 Å². The zero-order valence-electron chi connectivity index (χ0n) is 18.0. The summed E-state index contributed by atoms with van der Waals surface area (Å²) in [7, 11) is 1.48. The van der Waals surface area contributed by atoms with E-state index in [1.807, 2.05) is 13.8 Å². The summed E-state index contributed by atoms with van der Waals surface area (Å²) in [5.74, 6) is -0.328. The number of methoxy groups -OCH3 is 1. The molecule has 8 heteroatoms. The molecule has 1 fully saturated rings. The molecule has 30 heavy (non-hydrogen) atoms. The van der Waals surface area contributed by atoms with Gasteiger partial charge in [0.05, 0.1) is 25.3 Å². The summed E-state index contributed by atoms with van der Waals surface area (Å²) in [5.41, 5.74) is 2.75. The number of amides is 2. The molecule has 1 aromatic carbocycles. The predicted octanol–water partition coefficient (Wildman–Crippen LogP) is 2.87. The molecular formula is C22H30N4O3S. The Morgan fingerprint density at radius 3 is 2.70 bits per heavy atom. The van der Waals surface area contributed by atoms with Gasteiger partial charge in [-0.05, 0) is 29.8 Å². The normalized spacial score (nSPS) is 20.2. The molecular weight excluding hydrogens is 400 g/mol. The van der Waals surface area contributed by atoms with Crippen LogP contribution in [0.5, 0.6) is 5.75 Å². The first-order valence-electron chi connectivity index (χ1n) is 10.2. The summed E-state index contributed by atoms with van der Waals surface area (Å²) in [6.45, 7) is 6.42. The second-order valence-corrected chi connectivity index (χ2v) is 8.57. The number of carbonyl (C=O) groups is 2. The van der Waals surface area contributed by atoms with E-state index in [1.165, 1.54) is 7.11 Å². The molecule has 1 aliphatic heterocycles. The average molecular weight is 431 g/mol. The number of nitrogens with zero attached hydrogens (tertiary/aromatic N) is 2. The largest absolute Gasteiger partial charge is 0.496 e. The molecule has 1 unspecified atom stereocenters. The Bertz CT molecular complexity index is 834. The summed E-state index contributed by atoms with van der Waals surface area (Å²) < 4.78 is 5.18. The van der Waals surface area contributed by atoms with Crippen molar-refractivity contribution in [3.63, 3.8) is 0 Å². The van der Waals surface area contributed by atoms with Gasteiger partial charge in [-0.15, -0.1) is 0 Å². The lowest BCUT2D eigenvalue weighted by atomic mass is 9.75. The average Bonchev–Trinajstić information content (AvgIpc) is 2.99. The van der Waals surface area contributed by atoms with Crippen LogP contribution >= 0.6 is 12.2 Å². The van der Waals surface area contributed by atoms with E-state index in [0.29, 0.717) is 17.9 Å². The molecule has 2 N–H and O–H groups in total. The van der Waals surface area contributed by atoms with E-state index in [2.05, 4.69) is 23.7 Å². The van der Waals surface area contributed by atoms with Gasteiger partial charge < -0.3 is 10.1 Å². The van der Waals surface area contributed by atoms with Crippen LogP contribution in [0.2, 0.25) is 0 Å². The quantitative estimate of drug-likeness (QED) is 0.585. The number of nitriles is 1. The Morgan fingerprint density at radius 1 is 1.37 bits per heavy atom. The number of hydrazine groups is 1. The van der Waals surface area contributed by atoms with E-state index in [4.69, 9.17) is 17.0 Å². The maximum absolute atomic E-state index is 12.5. The van der Waals surface area contributed by atoms with Gasteiger partial charge >= 0.3 is 0 Å². The lowest BCUT2D eigenvalue weighted by molar-refractivity contribution is -0.125. The second-order valence-electron chi connectivity index (χ2n) is 8.05. The van der Waals surface area contributed by atoms with Crippen molar-refractivity contribution in [3.05, 3.63) is 29.8 Å². The maximum Gasteiger partial charge on any atom is 0.255 e. The first-order valence-corrected chi connectivity index (χ1v) is 10.6. The van der Waals surface area contributed by atoms with Crippen LogP contribution in [0.1, 0.15) is 50.4 Å². The van der Waals surface area contributed by atoms with Gasteiger partial charge in [0.1, 0.15) is 11.8 Å². The minimum absolute atomic E-state index is 0.0344. The van der Waals surface area contributed by atoms with Gasteiger partial charge in [-0.3, -0.25) is 15.0 Å². The van der Waals surface area contributed by atoms with Crippen LogP contribution in [0.3, 0.4) is 0 Å². The van der Waals surface area contributed by atoms with Gasteiger partial charge in [0.25, 0.3) is 11.8 Å². The zero-order chi connectivity index (χ0) is 22.3. The van der Waals surface area contributed by atoms with Crippen molar-refractivity contribution in [2.75, 3.05) is 20.2 Å². The Kier molecular flexibility index (Phi) is 8.33. The first-order chi connectivity index (χ1) is 14.3. The monoisotopic (exact) mass is 430 g/mol. The highest BCUT2D eigenvalue weighted by Gasteiger charge is 2.50. The topological polar surface area (TPSA) is 94.5 Å². The van der Waals surface area contributed by atoms with E-state index >= 15 is 0 Å². The fourth-order valence-electron chi connectivity index (χ4n) is 3.81. The van der Waals surface area contributed by atoms with Crippen LogP contribution < -0.4 is 15.5 Å². The molecule has 2 rings (SSSR count). The van der Waals surface area contributed by atoms with Crippen molar-refractivity contribution in [2.45, 2.75) is 46.1 Å². The molecule has 1 aromatic rings. The smallest absolute Gasteiger partial charge is 0.255 e. The van der Waals surface area contributed by atoms with Crippen LogP contribution in [-0.4, -0.2) is 47.9 Å². The van der Waals surface area contributed by atoms with E-state index < -0.39 is 17.9 Å². The maximum atomic E-state index is 12.5. The molecule has 7 nitrogen and oxygen atoms in total. The third-order valence-corrected chi connectivity index (χ3v) is 6.10. The zero-order valence-corrected chi connectivity index (χ0v) is 18.8. The number of ether oxygens (including phenoxy) is 1. The van der Waals surface area contributed by atoms with E-state index in [1.54, 1.807) is 29.3 Å². The van der Waals surface area contributed by atoms with Crippen LogP contribution in [-0.2, 0) is 4.79 Å². The summed E-state index contributed by atoms with van der Waals surface area (Å²) in [6, 6.07) is 8.60. The second kappa shape index (κ2) is 10.5. The number of rotatable bonds is 9. The molecule has 0 bridgehead atoms. The number of hydrogen-bond acceptors (Lipinski definition) is 6. The standard InChI is InChI=1S/C22H30N4O3S/c1-5-6-11-18(30)16-14-26(19(12-23)22(16,2)3)25-20(27)13-24-21(28)15-9-7-8-10-17(15)29-4/h7-10,16,19H,5-6,11,13-14H2,1-4H3,(H,24,28)(H,25,27)/t16?,19-/m1/s1. The van der Waals surface area contributed by atoms with E-state index in [9.17, 15) is 14.9 Å². The predicted molar refractivity (Wildman–Crippen MR) is 119 cm³/mol. The fourth-order valence-corrected chi connectivity index (χ4v) is 4.33. The number of benzene rings is 1. The third kappa shape index (κ3) is 5.35. The van der Waals surface area contributed by atoms with Gasteiger partial charge in [0.15, 0.2) is 0 Å². The number of unbranched alkanes of at least 4 members (excludes halogenated alkanes) is 1. The fraction of sp³-hybridized carbons (Fsp3) is 0.545. The van der Waals surface area contributed by atoms with E-state index in [-0.39, 0.29) is 17.9 Å². The highest BCUT2D eigenvalue weighted by molar-refractivity contribution is 7.80. The number of para-hydroxylation sites is 1. The number of thiocarbonyl (C=S) groups is 1. The van der Waals surface area contributed by atoms with Crippen LogP contribution in [0.15, 0.2) is 24.3 Å². The molecule has 162 valence electrons. The molecule has 2 atom stereocenters. The van der Waals surface area contributed by atoms with Gasteiger partial charge in [-0.25, -0.2) is 5.01 Å². The molecule has 2 amide bonds. The SMILES string of the molecule is CCCCC(=S)C1CN(NC(=O)CNC(=O)c2ccccc2OC)[C@H](C#N)C1(C)C. The van der Waals surface area contributed by atoms with Crippen LogP contribution in [0.4, 0.5) is 0 Å². The highest BCUT2D eigenvalue weighted by atomic mass is 32.1. The lowest BCUT2D eigenvalue weighted by Gasteiger charge is -2.30. The van der Waals surface area contributed by atoms with Gasteiger partial charge in [-0.2, -0.15) is 5.26 Å². The summed E-state index contributed by atoms with van der Waals surface area (Å²) in [5, 5.41) is 14.0. The Morgan fingerprint density at radius 2 is 2.07 bits per heavy atom. The van der Waals surface area contributed by atoms with Gasteiger partial charge in [0.2, 0.25) is 0 Å². The van der Waals surface area contributed by atoms with Crippen molar-refractivity contribution in [1.82, 2.24) is 15.8 Å². The Hall–Kier alpha value is -2.50. The molecule has 1 saturated heterocycles. The number of nitrogens with one attached hydrogen (secondary N) is 2. The Balaban J connectivity index is 1.99. The highest BCUT2D eigenvalue weighted by Crippen LogP contribution is 2.41. The van der Waals surface area contributed by atoms with Gasteiger partial charge in [0, 0.05) is 17.9 Å². The number of carbonyl (C=O) groups excluding carboxylic acids is 2. The molecule has 0 aliphatic carbocycles. The lowest BCUT2D eigenvalue weighted by Crippen LogP contribution is -2.50. The molecule has 1 aliphatic rings. The number of hydrogen-bond donors (Lipinski definition) is 2. The van der Waals surface area contributed by atoms with Crippen molar-refractivity contribution >= 4 is 28.9 Å². The summed E-state index contributed by atoms with van der Waals surface area (Å²) >= 11 is 5.64. The molecule has 0 saturated carbocycles. The third-order valence-electron chi connectivity index (χ3n) is 5.61. The van der Waals surface area contributed by atoms with Crippen molar-refractivity contribution in [1.29, 1.82) is 5.26 Å². The van der Waals surface area contributed by atoms with Gasteiger partial charge in [-0.1, -0.05) is 51.5 Å². The summed E-state index contributed by atoms with van der Waals surface area (Å²) in [4.78, 5) is 25.8. The van der Waals surface area contributed by atoms with Crippen molar-refractivity contribution < 1.29 is 14.3 Å². The van der Waals surface area contributed by atoms with E-state index in [0.717, 1.165) is 24.1 Å². The minimum atomic E-state index is -0.504. The first kappa shape index (κ1) is 23.8. The van der Waals surface area contributed by atoms with Crippen LogP contribution in [0, 0.1) is 22.7 Å². The molecule has 1 heterocycles. The molecule has 0 radical (unpaired) electrons. The molecule has 0 spiro atoms.